The zero-order valence-electron chi connectivity index (χ0n) is 22.6. The quantitative estimate of drug-likeness (QED) is 0.315. The lowest BCUT2D eigenvalue weighted by atomic mass is 9.89. The number of hydrogen-bond donors (Lipinski definition) is 0. The monoisotopic (exact) mass is 524 g/mol. The van der Waals surface area contributed by atoms with Crippen LogP contribution in [0.2, 0.25) is 0 Å². The van der Waals surface area contributed by atoms with Gasteiger partial charge in [-0.1, -0.05) is 54.3 Å². The molecule has 1 heterocycles. The van der Waals surface area contributed by atoms with Crippen LogP contribution in [0.15, 0.2) is 102 Å². The van der Waals surface area contributed by atoms with Gasteiger partial charge in [-0.05, 0) is 60.2 Å². The van der Waals surface area contributed by atoms with Gasteiger partial charge in [-0.25, -0.2) is 5.01 Å². The standard InChI is InChI=1S/C34H28N4O2/c1-37(2)31-19-18-28(21-32(31)40-3)33-30(23-38(36-33)34(39)29-11-7-10-26(20-29)22-35)27-16-14-25(15-17-27)13-12-24-8-5-4-6-9-24/h4-11,14-21,30H,23H2,1-3H3. The average Bonchev–Trinajstić information content (AvgIpc) is 3.45. The van der Waals surface area contributed by atoms with E-state index < -0.39 is 0 Å². The summed E-state index contributed by atoms with van der Waals surface area (Å²) in [6.07, 6.45) is 0. The molecule has 0 fully saturated rings. The minimum absolute atomic E-state index is 0.158. The summed E-state index contributed by atoms with van der Waals surface area (Å²) < 4.78 is 5.67. The second kappa shape index (κ2) is 11.6. The minimum atomic E-state index is -0.251. The van der Waals surface area contributed by atoms with E-state index in [1.165, 1.54) is 5.01 Å². The number of nitrogens with zero attached hydrogens (tertiary/aromatic N) is 4. The van der Waals surface area contributed by atoms with Crippen LogP contribution in [-0.2, 0) is 0 Å². The lowest BCUT2D eigenvalue weighted by Crippen LogP contribution is -2.25. The van der Waals surface area contributed by atoms with E-state index in [1.807, 2.05) is 91.8 Å². The van der Waals surface area contributed by atoms with E-state index >= 15 is 0 Å². The number of hydrazone groups is 1. The van der Waals surface area contributed by atoms with Gasteiger partial charge in [0.1, 0.15) is 5.75 Å². The van der Waals surface area contributed by atoms with Crippen LogP contribution in [0.4, 0.5) is 5.69 Å². The molecular weight excluding hydrogens is 496 g/mol. The van der Waals surface area contributed by atoms with Gasteiger partial charge < -0.3 is 9.64 Å². The molecule has 0 bridgehead atoms. The van der Waals surface area contributed by atoms with Crippen LogP contribution in [-0.4, -0.2) is 44.4 Å². The normalized spacial score (nSPS) is 14.0. The molecule has 0 aliphatic carbocycles. The molecule has 1 atom stereocenters. The highest BCUT2D eigenvalue weighted by Gasteiger charge is 2.33. The highest BCUT2D eigenvalue weighted by molar-refractivity contribution is 6.09. The summed E-state index contributed by atoms with van der Waals surface area (Å²) in [4.78, 5) is 15.5. The first kappa shape index (κ1) is 26.3. The zero-order valence-corrected chi connectivity index (χ0v) is 22.6. The molecule has 6 nitrogen and oxygen atoms in total. The largest absolute Gasteiger partial charge is 0.495 e. The van der Waals surface area contributed by atoms with Crippen molar-refractivity contribution in [3.05, 3.63) is 130 Å². The first-order chi connectivity index (χ1) is 19.5. The van der Waals surface area contributed by atoms with Crippen molar-refractivity contribution in [2.24, 2.45) is 5.10 Å². The van der Waals surface area contributed by atoms with Gasteiger partial charge in [0.15, 0.2) is 0 Å². The van der Waals surface area contributed by atoms with Crippen LogP contribution in [0, 0.1) is 23.2 Å². The van der Waals surface area contributed by atoms with Crippen molar-refractivity contribution in [1.82, 2.24) is 5.01 Å². The lowest BCUT2D eigenvalue weighted by Gasteiger charge is -2.19. The van der Waals surface area contributed by atoms with Gasteiger partial charge in [0, 0.05) is 42.3 Å². The van der Waals surface area contributed by atoms with E-state index in [9.17, 15) is 10.1 Å². The van der Waals surface area contributed by atoms with Gasteiger partial charge in [-0.2, -0.15) is 10.4 Å². The summed E-state index contributed by atoms with van der Waals surface area (Å²) in [5.74, 6) is 6.73. The fraction of sp³-hybridized carbons (Fsp3) is 0.147. The fourth-order valence-corrected chi connectivity index (χ4v) is 4.69. The van der Waals surface area contributed by atoms with Crippen LogP contribution in [0.1, 0.15) is 44.1 Å². The second-order valence-electron chi connectivity index (χ2n) is 9.64. The Kier molecular flexibility index (Phi) is 7.62. The van der Waals surface area contributed by atoms with Crippen LogP contribution < -0.4 is 9.64 Å². The Bertz CT molecular complexity index is 1670. The number of amides is 1. The van der Waals surface area contributed by atoms with Crippen LogP contribution in [0.5, 0.6) is 5.75 Å². The Hall–Kier alpha value is -5.33. The van der Waals surface area contributed by atoms with Crippen molar-refractivity contribution < 1.29 is 9.53 Å². The molecule has 4 aromatic carbocycles. The molecule has 0 N–H and O–H groups in total. The molecule has 1 unspecified atom stereocenters. The number of carbonyl (C=O) groups is 1. The van der Waals surface area contributed by atoms with Crippen LogP contribution >= 0.6 is 0 Å². The Morgan fingerprint density at radius 3 is 2.27 bits per heavy atom. The van der Waals surface area contributed by atoms with E-state index in [0.717, 1.165) is 39.4 Å². The van der Waals surface area contributed by atoms with Gasteiger partial charge in [0.2, 0.25) is 0 Å². The summed E-state index contributed by atoms with van der Waals surface area (Å²) >= 11 is 0. The molecule has 1 aliphatic rings. The van der Waals surface area contributed by atoms with Crippen molar-refractivity contribution >= 4 is 17.3 Å². The molecule has 0 aromatic heterocycles. The number of ether oxygens (including phenoxy) is 1. The number of methoxy groups -OCH3 is 1. The van der Waals surface area contributed by atoms with Gasteiger partial charge >= 0.3 is 0 Å². The Morgan fingerprint density at radius 2 is 1.60 bits per heavy atom. The molecule has 6 heteroatoms. The lowest BCUT2D eigenvalue weighted by molar-refractivity contribution is 0.0774. The van der Waals surface area contributed by atoms with Crippen molar-refractivity contribution in [3.63, 3.8) is 0 Å². The molecule has 196 valence electrons. The van der Waals surface area contributed by atoms with Crippen molar-refractivity contribution in [3.8, 4) is 23.7 Å². The van der Waals surface area contributed by atoms with E-state index in [2.05, 4.69) is 17.9 Å². The summed E-state index contributed by atoms with van der Waals surface area (Å²) in [5.41, 5.74) is 6.35. The smallest absolute Gasteiger partial charge is 0.274 e. The summed E-state index contributed by atoms with van der Waals surface area (Å²) in [5, 5.41) is 15.6. The van der Waals surface area contributed by atoms with Crippen LogP contribution in [0.25, 0.3) is 0 Å². The van der Waals surface area contributed by atoms with Crippen molar-refractivity contribution in [2.75, 3.05) is 32.6 Å². The average molecular weight is 525 g/mol. The molecule has 40 heavy (non-hydrogen) atoms. The van der Waals surface area contributed by atoms with Gasteiger partial charge in [-0.15, -0.1) is 0 Å². The molecule has 5 rings (SSSR count). The molecule has 4 aromatic rings. The third-order valence-electron chi connectivity index (χ3n) is 6.78. The molecule has 0 spiro atoms. The summed E-state index contributed by atoms with van der Waals surface area (Å²) in [6, 6.07) is 32.7. The molecule has 1 aliphatic heterocycles. The van der Waals surface area contributed by atoms with Gasteiger partial charge in [0.25, 0.3) is 5.91 Å². The first-order valence-electron chi connectivity index (χ1n) is 12.9. The van der Waals surface area contributed by atoms with Gasteiger partial charge in [0.05, 0.1) is 36.7 Å². The maximum absolute atomic E-state index is 13.5. The van der Waals surface area contributed by atoms with E-state index in [0.29, 0.717) is 17.7 Å². The topological polar surface area (TPSA) is 68.9 Å². The third kappa shape index (κ3) is 5.57. The number of nitriles is 1. The van der Waals surface area contributed by atoms with E-state index in [-0.39, 0.29) is 11.8 Å². The molecular formula is C34H28N4O2. The molecule has 0 saturated carbocycles. The highest BCUT2D eigenvalue weighted by atomic mass is 16.5. The SMILES string of the molecule is COc1cc(C2=NN(C(=O)c3cccc(C#N)c3)CC2c2ccc(C#Cc3ccccc3)cc2)ccc1N(C)C. The Labute approximate surface area is 234 Å². The van der Waals surface area contributed by atoms with Crippen molar-refractivity contribution in [1.29, 1.82) is 5.26 Å². The number of benzene rings is 4. The van der Waals surface area contributed by atoms with Crippen molar-refractivity contribution in [2.45, 2.75) is 5.92 Å². The second-order valence-corrected chi connectivity index (χ2v) is 9.64. The maximum atomic E-state index is 13.5. The predicted octanol–water partition coefficient (Wildman–Crippen LogP) is 5.68. The van der Waals surface area contributed by atoms with Crippen LogP contribution in [0.3, 0.4) is 0 Å². The van der Waals surface area contributed by atoms with E-state index in [1.54, 1.807) is 31.4 Å². The predicted molar refractivity (Wildman–Crippen MR) is 158 cm³/mol. The number of hydrogen-bond acceptors (Lipinski definition) is 5. The molecule has 0 radical (unpaired) electrons. The maximum Gasteiger partial charge on any atom is 0.274 e. The fourth-order valence-electron chi connectivity index (χ4n) is 4.69. The number of carbonyl (C=O) groups excluding carboxylic acids is 1. The summed E-state index contributed by atoms with van der Waals surface area (Å²) in [7, 11) is 5.57. The Morgan fingerprint density at radius 1 is 0.900 bits per heavy atom. The zero-order chi connectivity index (χ0) is 28.1. The first-order valence-corrected chi connectivity index (χ1v) is 12.9. The highest BCUT2D eigenvalue weighted by Crippen LogP contribution is 2.34. The molecule has 1 amide bonds. The van der Waals surface area contributed by atoms with E-state index in [4.69, 9.17) is 9.84 Å². The molecule has 0 saturated heterocycles. The van der Waals surface area contributed by atoms with Gasteiger partial charge in [-0.3, -0.25) is 4.79 Å². The number of anilines is 1. The summed E-state index contributed by atoms with van der Waals surface area (Å²) in [6.45, 7) is 0.373. The Balaban J connectivity index is 1.50. The third-order valence-corrected chi connectivity index (χ3v) is 6.78. The number of rotatable bonds is 5. The minimum Gasteiger partial charge on any atom is -0.495 e.